The third-order valence-electron chi connectivity index (χ3n) is 7.92. The molecule has 25 heavy (non-hydrogen) atoms. The Labute approximate surface area is 157 Å². The lowest BCUT2D eigenvalue weighted by atomic mass is 9.63. The second-order valence-electron chi connectivity index (χ2n) is 9.59. The largest absolute Gasteiger partial charge is 0.0679 e. The minimum absolute atomic E-state index is 0.792. The van der Waals surface area contributed by atoms with Crippen molar-refractivity contribution in [2.75, 3.05) is 0 Å². The summed E-state index contributed by atoms with van der Waals surface area (Å²) in [5, 5.41) is 0. The summed E-state index contributed by atoms with van der Waals surface area (Å²) in [5.74, 6) is 4.19. The van der Waals surface area contributed by atoms with Gasteiger partial charge in [-0.25, -0.2) is 0 Å². The third kappa shape index (κ3) is 3.93. The summed E-state index contributed by atoms with van der Waals surface area (Å²) in [6.45, 7) is 12.5. The average Bonchev–Trinajstić information content (AvgIpc) is 2.62. The first kappa shape index (κ1) is 19.2. The monoisotopic (exact) mass is 342 g/mol. The molecular formula is C25H42. The maximum Gasteiger partial charge on any atom is -0.0137 e. The van der Waals surface area contributed by atoms with Crippen LogP contribution < -0.4 is 0 Å². The highest BCUT2D eigenvalue weighted by Crippen LogP contribution is 2.49. The van der Waals surface area contributed by atoms with E-state index in [1.165, 1.54) is 70.6 Å². The number of hydrogen-bond donors (Lipinski definition) is 0. The van der Waals surface area contributed by atoms with Crippen LogP contribution >= 0.6 is 0 Å². The van der Waals surface area contributed by atoms with Gasteiger partial charge in [0.25, 0.3) is 0 Å². The molecule has 142 valence electrons. The van der Waals surface area contributed by atoms with Crippen molar-refractivity contribution >= 4 is 0 Å². The van der Waals surface area contributed by atoms with E-state index < -0.39 is 0 Å². The summed E-state index contributed by atoms with van der Waals surface area (Å²) in [6.07, 6.45) is 15.5. The summed E-state index contributed by atoms with van der Waals surface area (Å²) >= 11 is 0. The first-order chi connectivity index (χ1) is 12.0. The highest BCUT2D eigenvalue weighted by atomic mass is 14.4. The molecule has 0 aromatic rings. The molecule has 0 N–H and O–H groups in total. The van der Waals surface area contributed by atoms with Crippen LogP contribution in [0.3, 0.4) is 0 Å². The lowest BCUT2D eigenvalue weighted by Crippen LogP contribution is -2.29. The first-order valence-electron chi connectivity index (χ1n) is 11.5. The van der Waals surface area contributed by atoms with Crippen molar-refractivity contribution in [1.82, 2.24) is 0 Å². The molecule has 3 aliphatic rings. The van der Waals surface area contributed by atoms with Gasteiger partial charge in [-0.15, -0.1) is 0 Å². The zero-order chi connectivity index (χ0) is 18.0. The van der Waals surface area contributed by atoms with Crippen LogP contribution in [0.5, 0.6) is 0 Å². The van der Waals surface area contributed by atoms with Gasteiger partial charge in [-0.05, 0) is 93.8 Å². The smallest absolute Gasteiger partial charge is 0.0137 e. The van der Waals surface area contributed by atoms with Crippen LogP contribution in [-0.4, -0.2) is 0 Å². The van der Waals surface area contributed by atoms with Crippen LogP contribution in [0.15, 0.2) is 22.3 Å². The number of unbranched alkanes of at least 4 members (excludes halogenated alkanes) is 1. The minimum Gasteiger partial charge on any atom is -0.0679 e. The van der Waals surface area contributed by atoms with E-state index in [-0.39, 0.29) is 0 Å². The molecule has 0 spiro atoms. The van der Waals surface area contributed by atoms with E-state index in [0.717, 1.165) is 29.6 Å². The number of allylic oxidation sites excluding steroid dienone is 4. The Hall–Kier alpha value is -0.520. The zero-order valence-electron chi connectivity index (χ0n) is 17.7. The maximum absolute atomic E-state index is 2.61. The van der Waals surface area contributed by atoms with Gasteiger partial charge in [0.05, 0.1) is 0 Å². The average molecular weight is 343 g/mol. The Bertz CT molecular complexity index is 520. The van der Waals surface area contributed by atoms with Gasteiger partial charge in [-0.1, -0.05) is 63.3 Å². The molecule has 5 unspecified atom stereocenters. The van der Waals surface area contributed by atoms with E-state index in [2.05, 4.69) is 34.6 Å². The molecule has 0 amide bonds. The van der Waals surface area contributed by atoms with Crippen molar-refractivity contribution in [3.05, 3.63) is 22.3 Å². The third-order valence-corrected chi connectivity index (χ3v) is 7.92. The highest BCUT2D eigenvalue weighted by Gasteiger charge is 2.36. The molecule has 0 fully saturated rings. The molecule has 0 radical (unpaired) electrons. The Kier molecular flexibility index (Phi) is 6.50. The molecule has 0 heterocycles. The molecule has 0 saturated carbocycles. The first-order valence-corrected chi connectivity index (χ1v) is 11.5. The summed E-state index contributed by atoms with van der Waals surface area (Å²) in [7, 11) is 0. The van der Waals surface area contributed by atoms with Gasteiger partial charge in [0.1, 0.15) is 0 Å². The van der Waals surface area contributed by atoms with Crippen molar-refractivity contribution in [2.45, 2.75) is 105 Å². The molecule has 0 saturated heterocycles. The number of hydrogen-bond acceptors (Lipinski definition) is 0. The molecule has 0 heteroatoms. The molecular weight excluding hydrogens is 300 g/mol. The van der Waals surface area contributed by atoms with Crippen LogP contribution in [0, 0.1) is 29.6 Å². The van der Waals surface area contributed by atoms with Gasteiger partial charge in [-0.2, -0.15) is 0 Å². The summed E-state index contributed by atoms with van der Waals surface area (Å²) in [4.78, 5) is 0. The predicted octanol–water partition coefficient (Wildman–Crippen LogP) is 8.09. The fourth-order valence-electron chi connectivity index (χ4n) is 6.47. The highest BCUT2D eigenvalue weighted by molar-refractivity contribution is 5.31. The van der Waals surface area contributed by atoms with Gasteiger partial charge >= 0.3 is 0 Å². The molecule has 3 aliphatic carbocycles. The topological polar surface area (TPSA) is 0 Å². The van der Waals surface area contributed by atoms with Gasteiger partial charge in [0.2, 0.25) is 0 Å². The lowest BCUT2D eigenvalue weighted by Gasteiger charge is -2.42. The van der Waals surface area contributed by atoms with Crippen molar-refractivity contribution in [2.24, 2.45) is 29.6 Å². The Morgan fingerprint density at radius 1 is 0.840 bits per heavy atom. The fraction of sp³-hybridized carbons (Fsp3) is 0.840. The van der Waals surface area contributed by atoms with Gasteiger partial charge < -0.3 is 0 Å². The SMILES string of the molecule is CCCCC1=C(C(C)C2CCCC3=C2CCCC3C)C(C)CCC1C. The fourth-order valence-corrected chi connectivity index (χ4v) is 6.47. The molecule has 0 aromatic heterocycles. The summed E-state index contributed by atoms with van der Waals surface area (Å²) in [6, 6.07) is 0. The zero-order valence-corrected chi connectivity index (χ0v) is 17.7. The standard InChI is InChI=1S/C25H42/c1-6-7-11-22-18(3)15-16-19(4)25(22)20(5)23-13-9-12-21-17(2)10-8-14-24(21)23/h17-20,23H,6-16H2,1-5H3. The van der Waals surface area contributed by atoms with Crippen LogP contribution in [-0.2, 0) is 0 Å². The molecule has 0 bridgehead atoms. The molecule has 0 nitrogen and oxygen atoms in total. The van der Waals surface area contributed by atoms with Gasteiger partial charge in [0.15, 0.2) is 0 Å². The van der Waals surface area contributed by atoms with E-state index in [0.29, 0.717) is 0 Å². The quantitative estimate of drug-likeness (QED) is 0.443. The van der Waals surface area contributed by atoms with Crippen molar-refractivity contribution in [3.8, 4) is 0 Å². The van der Waals surface area contributed by atoms with Crippen molar-refractivity contribution in [1.29, 1.82) is 0 Å². The summed E-state index contributed by atoms with van der Waals surface area (Å²) in [5.41, 5.74) is 7.60. The van der Waals surface area contributed by atoms with Crippen molar-refractivity contribution in [3.63, 3.8) is 0 Å². The molecule has 0 aromatic carbocycles. The normalized spacial score (nSPS) is 34.9. The second-order valence-corrected chi connectivity index (χ2v) is 9.59. The van der Waals surface area contributed by atoms with Gasteiger partial charge in [-0.3, -0.25) is 0 Å². The molecule has 3 rings (SSSR count). The summed E-state index contributed by atoms with van der Waals surface area (Å²) < 4.78 is 0. The lowest BCUT2D eigenvalue weighted by molar-refractivity contribution is 0.310. The van der Waals surface area contributed by atoms with Crippen molar-refractivity contribution < 1.29 is 0 Å². The van der Waals surface area contributed by atoms with Gasteiger partial charge in [0, 0.05) is 0 Å². The van der Waals surface area contributed by atoms with Crippen LogP contribution in [0.2, 0.25) is 0 Å². The Morgan fingerprint density at radius 3 is 2.28 bits per heavy atom. The van der Waals surface area contributed by atoms with E-state index in [9.17, 15) is 0 Å². The Balaban J connectivity index is 1.93. The van der Waals surface area contributed by atoms with Crippen LogP contribution in [0.25, 0.3) is 0 Å². The van der Waals surface area contributed by atoms with E-state index >= 15 is 0 Å². The van der Waals surface area contributed by atoms with E-state index in [4.69, 9.17) is 0 Å². The predicted molar refractivity (Wildman–Crippen MR) is 111 cm³/mol. The Morgan fingerprint density at radius 2 is 1.52 bits per heavy atom. The second kappa shape index (κ2) is 8.45. The molecule has 0 aliphatic heterocycles. The van der Waals surface area contributed by atoms with E-state index in [1.54, 1.807) is 0 Å². The van der Waals surface area contributed by atoms with E-state index in [1.807, 2.05) is 22.3 Å². The minimum atomic E-state index is 0.792. The molecule has 5 atom stereocenters. The van der Waals surface area contributed by atoms with Crippen LogP contribution in [0.4, 0.5) is 0 Å². The maximum atomic E-state index is 2.61. The number of rotatable bonds is 5. The van der Waals surface area contributed by atoms with Crippen LogP contribution in [0.1, 0.15) is 105 Å².